The maximum Gasteiger partial charge on any atom is 0.416 e. The highest BCUT2D eigenvalue weighted by Crippen LogP contribution is 2.29. The van der Waals surface area contributed by atoms with Gasteiger partial charge in [0, 0.05) is 38.4 Å². The van der Waals surface area contributed by atoms with Crippen LogP contribution in [-0.4, -0.2) is 59.9 Å². The summed E-state index contributed by atoms with van der Waals surface area (Å²) < 4.78 is 40.5. The van der Waals surface area contributed by atoms with E-state index in [4.69, 9.17) is 0 Å². The van der Waals surface area contributed by atoms with E-state index in [0.29, 0.717) is 47.9 Å². The van der Waals surface area contributed by atoms with Gasteiger partial charge in [0.15, 0.2) is 22.8 Å². The summed E-state index contributed by atoms with van der Waals surface area (Å²) >= 11 is 0. The maximum absolute atomic E-state index is 12.9. The lowest BCUT2D eigenvalue weighted by Crippen LogP contribution is -2.27. The van der Waals surface area contributed by atoms with Crippen molar-refractivity contribution in [2.24, 2.45) is 0 Å². The lowest BCUT2D eigenvalue weighted by atomic mass is 10.1. The molecule has 13 heteroatoms. The Kier molecular flexibility index (Phi) is 6.84. The number of nitrogens with zero attached hydrogens (tertiary/aromatic N) is 7. The average molecular weight is 512 g/mol. The minimum atomic E-state index is -4.39. The van der Waals surface area contributed by atoms with Crippen LogP contribution in [0.25, 0.3) is 11.2 Å². The Bertz CT molecular complexity index is 1370. The number of aromatic nitrogens is 6. The van der Waals surface area contributed by atoms with Gasteiger partial charge in [-0.1, -0.05) is 12.1 Å². The Labute approximate surface area is 210 Å². The highest BCUT2D eigenvalue weighted by atomic mass is 19.4. The zero-order valence-corrected chi connectivity index (χ0v) is 19.7. The predicted molar refractivity (Wildman–Crippen MR) is 130 cm³/mol. The van der Waals surface area contributed by atoms with Gasteiger partial charge in [0.1, 0.15) is 0 Å². The van der Waals surface area contributed by atoms with Crippen LogP contribution in [0.4, 0.5) is 30.8 Å². The van der Waals surface area contributed by atoms with Crippen LogP contribution in [0.2, 0.25) is 0 Å². The van der Waals surface area contributed by atoms with E-state index in [1.165, 1.54) is 24.5 Å². The SMILES string of the molecule is O=C1CCCN1CCCNc1nc(Nc2cnccn2)nc2c1ncn2Cc1ccc(C(F)(F)F)cc1. The van der Waals surface area contributed by atoms with Gasteiger partial charge in [-0.05, 0) is 30.5 Å². The maximum atomic E-state index is 12.9. The van der Waals surface area contributed by atoms with E-state index in [0.717, 1.165) is 31.5 Å². The van der Waals surface area contributed by atoms with E-state index >= 15 is 0 Å². The number of amides is 1. The molecule has 0 saturated carbocycles. The molecule has 0 unspecified atom stereocenters. The highest BCUT2D eigenvalue weighted by Gasteiger charge is 2.30. The third-order valence-electron chi connectivity index (χ3n) is 5.97. The molecule has 37 heavy (non-hydrogen) atoms. The Morgan fingerprint density at radius 3 is 2.59 bits per heavy atom. The van der Waals surface area contributed by atoms with Gasteiger partial charge in [0.25, 0.3) is 0 Å². The number of imidazole rings is 1. The quantitative estimate of drug-likeness (QED) is 0.326. The van der Waals surface area contributed by atoms with E-state index in [1.54, 1.807) is 17.1 Å². The number of likely N-dealkylation sites (tertiary alicyclic amines) is 1. The molecule has 10 nitrogen and oxygen atoms in total. The van der Waals surface area contributed by atoms with Crippen molar-refractivity contribution >= 4 is 34.7 Å². The Hall–Kier alpha value is -4.29. The first-order valence-electron chi connectivity index (χ1n) is 11.8. The minimum absolute atomic E-state index is 0.182. The number of carbonyl (C=O) groups excluding carboxylic acids is 1. The van der Waals surface area contributed by atoms with Crippen LogP contribution < -0.4 is 10.6 Å². The van der Waals surface area contributed by atoms with Crippen LogP contribution in [-0.2, 0) is 17.5 Å². The fourth-order valence-corrected chi connectivity index (χ4v) is 4.13. The molecule has 192 valence electrons. The van der Waals surface area contributed by atoms with Gasteiger partial charge >= 0.3 is 6.18 Å². The van der Waals surface area contributed by atoms with Gasteiger partial charge in [-0.2, -0.15) is 23.1 Å². The lowest BCUT2D eigenvalue weighted by Gasteiger charge is -2.15. The number of hydrogen-bond donors (Lipinski definition) is 2. The summed E-state index contributed by atoms with van der Waals surface area (Å²) in [5, 5.41) is 6.32. The molecule has 1 aliphatic rings. The third kappa shape index (κ3) is 5.76. The molecule has 1 aliphatic heterocycles. The van der Waals surface area contributed by atoms with Crippen molar-refractivity contribution in [2.75, 3.05) is 30.3 Å². The number of rotatable bonds is 9. The molecule has 1 fully saturated rings. The number of nitrogens with one attached hydrogen (secondary N) is 2. The molecule has 1 saturated heterocycles. The van der Waals surface area contributed by atoms with Crippen molar-refractivity contribution in [3.63, 3.8) is 0 Å². The number of anilines is 3. The van der Waals surface area contributed by atoms with E-state index in [2.05, 4.69) is 35.6 Å². The van der Waals surface area contributed by atoms with Crippen molar-refractivity contribution in [3.8, 4) is 0 Å². The summed E-state index contributed by atoms with van der Waals surface area (Å²) in [5.41, 5.74) is 0.984. The van der Waals surface area contributed by atoms with E-state index in [9.17, 15) is 18.0 Å². The number of hydrogen-bond acceptors (Lipinski definition) is 8. The van der Waals surface area contributed by atoms with E-state index in [-0.39, 0.29) is 18.4 Å². The Morgan fingerprint density at radius 1 is 1.05 bits per heavy atom. The first kappa shape index (κ1) is 24.4. The van der Waals surface area contributed by atoms with E-state index in [1.807, 2.05) is 4.90 Å². The Morgan fingerprint density at radius 2 is 1.89 bits per heavy atom. The normalized spacial score (nSPS) is 13.9. The van der Waals surface area contributed by atoms with Gasteiger partial charge in [0.2, 0.25) is 11.9 Å². The number of halogens is 3. The van der Waals surface area contributed by atoms with Crippen molar-refractivity contribution in [1.82, 2.24) is 34.4 Å². The molecular weight excluding hydrogens is 487 g/mol. The fourth-order valence-electron chi connectivity index (χ4n) is 4.13. The molecule has 1 amide bonds. The summed E-state index contributed by atoms with van der Waals surface area (Å²) in [7, 11) is 0. The van der Waals surface area contributed by atoms with Crippen molar-refractivity contribution in [2.45, 2.75) is 32.0 Å². The minimum Gasteiger partial charge on any atom is -0.368 e. The largest absolute Gasteiger partial charge is 0.416 e. The van der Waals surface area contributed by atoms with Crippen molar-refractivity contribution < 1.29 is 18.0 Å². The molecule has 2 N–H and O–H groups in total. The molecular formula is C24H24F3N9O. The second-order valence-corrected chi connectivity index (χ2v) is 8.62. The smallest absolute Gasteiger partial charge is 0.368 e. The van der Waals surface area contributed by atoms with Gasteiger partial charge in [-0.15, -0.1) is 0 Å². The van der Waals surface area contributed by atoms with Crippen LogP contribution in [0.3, 0.4) is 0 Å². The van der Waals surface area contributed by atoms with Crippen LogP contribution >= 0.6 is 0 Å². The standard InChI is InChI=1S/C24H24F3N9O/c25-24(26,27)17-6-4-16(5-7-17)14-36-15-31-20-21(30-8-2-12-35-11-1-3-19(35)37)33-23(34-22(20)36)32-18-13-28-9-10-29-18/h4-7,9-10,13,15H,1-3,8,11-12,14H2,(H2,29,30,32,33,34). The van der Waals surface area contributed by atoms with Crippen LogP contribution in [0.5, 0.6) is 0 Å². The molecule has 0 aliphatic carbocycles. The van der Waals surface area contributed by atoms with Gasteiger partial charge in [-0.25, -0.2) is 9.97 Å². The first-order valence-corrected chi connectivity index (χ1v) is 11.8. The zero-order valence-electron chi connectivity index (χ0n) is 19.7. The van der Waals surface area contributed by atoms with Gasteiger partial charge < -0.3 is 20.1 Å². The molecule has 0 atom stereocenters. The topological polar surface area (TPSA) is 114 Å². The number of carbonyl (C=O) groups is 1. The second kappa shape index (κ2) is 10.4. The Balaban J connectivity index is 1.38. The molecule has 4 heterocycles. The number of benzene rings is 1. The van der Waals surface area contributed by atoms with Crippen LogP contribution in [0, 0.1) is 0 Å². The first-order chi connectivity index (χ1) is 17.9. The van der Waals surface area contributed by atoms with Gasteiger partial charge in [-0.3, -0.25) is 9.78 Å². The molecule has 5 rings (SSSR count). The van der Waals surface area contributed by atoms with E-state index < -0.39 is 11.7 Å². The van der Waals surface area contributed by atoms with Gasteiger partial charge in [0.05, 0.1) is 24.6 Å². The average Bonchev–Trinajstić information content (AvgIpc) is 3.48. The third-order valence-corrected chi connectivity index (χ3v) is 5.97. The summed E-state index contributed by atoms with van der Waals surface area (Å²) in [6.45, 7) is 2.28. The highest BCUT2D eigenvalue weighted by molar-refractivity contribution is 5.84. The fraction of sp³-hybridized carbons (Fsp3) is 0.333. The summed E-state index contributed by atoms with van der Waals surface area (Å²) in [4.78, 5) is 35.5. The molecule has 1 aromatic carbocycles. The molecule has 4 aromatic rings. The monoisotopic (exact) mass is 511 g/mol. The summed E-state index contributed by atoms with van der Waals surface area (Å²) in [5.74, 6) is 1.39. The zero-order chi connectivity index (χ0) is 25.8. The van der Waals surface area contributed by atoms with Crippen molar-refractivity contribution in [1.29, 1.82) is 0 Å². The lowest BCUT2D eigenvalue weighted by molar-refractivity contribution is -0.137. The summed E-state index contributed by atoms with van der Waals surface area (Å²) in [6, 6.07) is 4.99. The molecule has 0 radical (unpaired) electrons. The molecule has 0 spiro atoms. The molecule has 3 aromatic heterocycles. The summed E-state index contributed by atoms with van der Waals surface area (Å²) in [6.07, 6.45) is 4.04. The van der Waals surface area contributed by atoms with Crippen molar-refractivity contribution in [3.05, 3.63) is 60.3 Å². The second-order valence-electron chi connectivity index (χ2n) is 8.62. The van der Waals surface area contributed by atoms with Crippen LogP contribution in [0.1, 0.15) is 30.4 Å². The predicted octanol–water partition coefficient (Wildman–Crippen LogP) is 3.85. The number of fused-ring (bicyclic) bond motifs is 1. The molecule has 0 bridgehead atoms. The number of alkyl halides is 3. The van der Waals surface area contributed by atoms with Crippen LogP contribution in [0.15, 0.2) is 49.2 Å².